The zero-order chi connectivity index (χ0) is 15.5. The van der Waals surface area contributed by atoms with Gasteiger partial charge < -0.3 is 10.2 Å². The van der Waals surface area contributed by atoms with Gasteiger partial charge in [-0.05, 0) is 30.9 Å². The maximum atomic E-state index is 3.74. The smallest absolute Gasteiger partial charge is 0.0177 e. The van der Waals surface area contributed by atoms with Crippen molar-refractivity contribution in [1.29, 1.82) is 0 Å². The second-order valence-electron chi connectivity index (χ2n) is 8.31. The Hall–Kier alpha value is -0.860. The van der Waals surface area contributed by atoms with Gasteiger partial charge in [0.2, 0.25) is 0 Å². The number of hydrogen-bond donors (Lipinski definition) is 1. The van der Waals surface area contributed by atoms with E-state index in [0.29, 0.717) is 5.41 Å². The van der Waals surface area contributed by atoms with Crippen molar-refractivity contribution in [3.8, 4) is 0 Å². The van der Waals surface area contributed by atoms with Crippen LogP contribution in [0, 0.1) is 5.41 Å². The summed E-state index contributed by atoms with van der Waals surface area (Å²) in [5.74, 6) is 0. The van der Waals surface area contributed by atoms with E-state index in [2.05, 4.69) is 75.3 Å². The molecule has 2 heteroatoms. The first-order valence-corrected chi connectivity index (χ1v) is 8.26. The first kappa shape index (κ1) is 16.5. The molecule has 0 amide bonds. The first-order valence-electron chi connectivity index (χ1n) is 8.26. The van der Waals surface area contributed by atoms with Crippen LogP contribution < -0.4 is 5.32 Å². The predicted molar refractivity (Wildman–Crippen MR) is 91.8 cm³/mol. The highest BCUT2D eigenvalue weighted by molar-refractivity contribution is 5.26. The lowest BCUT2D eigenvalue weighted by atomic mass is 9.81. The third kappa shape index (κ3) is 5.44. The molecule has 1 N–H and O–H groups in total. The molecule has 118 valence electrons. The van der Waals surface area contributed by atoms with Gasteiger partial charge in [-0.3, -0.25) is 0 Å². The number of rotatable bonds is 7. The molecular formula is C19H32N2. The van der Waals surface area contributed by atoms with Crippen molar-refractivity contribution in [1.82, 2.24) is 10.2 Å². The zero-order valence-corrected chi connectivity index (χ0v) is 14.4. The molecule has 0 bridgehead atoms. The molecule has 0 aliphatic heterocycles. The largest absolute Gasteiger partial charge is 0.313 e. The van der Waals surface area contributed by atoms with E-state index in [0.717, 1.165) is 25.7 Å². The Morgan fingerprint density at radius 3 is 2.19 bits per heavy atom. The van der Waals surface area contributed by atoms with E-state index in [1.807, 2.05) is 0 Å². The van der Waals surface area contributed by atoms with Crippen molar-refractivity contribution in [2.75, 3.05) is 26.7 Å². The van der Waals surface area contributed by atoms with E-state index < -0.39 is 0 Å². The molecule has 0 heterocycles. The summed E-state index contributed by atoms with van der Waals surface area (Å²) in [6, 6.07) is 11.7. The molecule has 1 saturated carbocycles. The third-order valence-corrected chi connectivity index (χ3v) is 4.19. The van der Waals surface area contributed by atoms with Gasteiger partial charge in [0.25, 0.3) is 0 Å². The highest BCUT2D eigenvalue weighted by Gasteiger charge is 2.31. The molecule has 2 nitrogen and oxygen atoms in total. The van der Waals surface area contributed by atoms with Gasteiger partial charge >= 0.3 is 0 Å². The van der Waals surface area contributed by atoms with Crippen LogP contribution in [-0.4, -0.2) is 37.6 Å². The van der Waals surface area contributed by atoms with E-state index in [9.17, 15) is 0 Å². The minimum atomic E-state index is 0.170. The van der Waals surface area contributed by atoms with Gasteiger partial charge in [-0.15, -0.1) is 0 Å². The molecule has 1 aliphatic rings. The Labute approximate surface area is 130 Å². The summed E-state index contributed by atoms with van der Waals surface area (Å²) in [5, 5.41) is 3.74. The first-order chi connectivity index (χ1) is 9.78. The Morgan fingerprint density at radius 1 is 1.05 bits per heavy atom. The van der Waals surface area contributed by atoms with Gasteiger partial charge in [-0.2, -0.15) is 0 Å². The normalized spacial score (nSPS) is 18.8. The molecule has 2 rings (SSSR count). The summed E-state index contributed by atoms with van der Waals surface area (Å²) >= 11 is 0. The second kappa shape index (κ2) is 6.50. The average molecular weight is 288 g/mol. The number of likely N-dealkylation sites (N-methyl/N-ethyl adjacent to an activating group) is 1. The Bertz CT molecular complexity index is 431. The quantitative estimate of drug-likeness (QED) is 0.823. The van der Waals surface area contributed by atoms with Crippen molar-refractivity contribution in [2.45, 2.75) is 52.0 Å². The molecular weight excluding hydrogens is 256 g/mol. The maximum Gasteiger partial charge on any atom is 0.0177 e. The molecule has 21 heavy (non-hydrogen) atoms. The fourth-order valence-electron chi connectivity index (χ4n) is 3.21. The molecule has 0 radical (unpaired) electrons. The summed E-state index contributed by atoms with van der Waals surface area (Å²) in [7, 11) is 2.25. The van der Waals surface area contributed by atoms with Crippen molar-refractivity contribution in [2.24, 2.45) is 5.41 Å². The van der Waals surface area contributed by atoms with E-state index in [-0.39, 0.29) is 5.41 Å². The van der Waals surface area contributed by atoms with E-state index >= 15 is 0 Å². The van der Waals surface area contributed by atoms with Gasteiger partial charge in [-0.1, -0.05) is 58.0 Å². The number of hydrogen-bond acceptors (Lipinski definition) is 2. The standard InChI is InChI=1S/C19H32N2/c1-18(2,3)14-21(5)15-19(4,13-20-17-11-12-17)16-9-7-6-8-10-16/h6-10,17,20H,11-15H2,1-5H3. The highest BCUT2D eigenvalue weighted by atomic mass is 15.1. The third-order valence-electron chi connectivity index (χ3n) is 4.19. The van der Waals surface area contributed by atoms with Crippen molar-refractivity contribution >= 4 is 0 Å². The number of nitrogens with zero attached hydrogens (tertiary/aromatic N) is 1. The van der Waals surface area contributed by atoms with Crippen LogP contribution in [0.5, 0.6) is 0 Å². The molecule has 1 unspecified atom stereocenters. The van der Waals surface area contributed by atoms with Crippen LogP contribution >= 0.6 is 0 Å². The van der Waals surface area contributed by atoms with E-state index in [1.165, 1.54) is 18.4 Å². The molecule has 1 aliphatic carbocycles. The zero-order valence-electron chi connectivity index (χ0n) is 14.4. The monoisotopic (exact) mass is 288 g/mol. The van der Waals surface area contributed by atoms with Gasteiger partial charge in [0.15, 0.2) is 0 Å². The van der Waals surface area contributed by atoms with Gasteiger partial charge in [0.1, 0.15) is 0 Å². The summed E-state index contributed by atoms with van der Waals surface area (Å²) in [5.41, 5.74) is 1.96. The van der Waals surface area contributed by atoms with Crippen molar-refractivity contribution < 1.29 is 0 Å². The maximum absolute atomic E-state index is 3.74. The van der Waals surface area contributed by atoms with Crippen LogP contribution in [0.2, 0.25) is 0 Å². The summed E-state index contributed by atoms with van der Waals surface area (Å²) < 4.78 is 0. The Balaban J connectivity index is 2.07. The van der Waals surface area contributed by atoms with E-state index in [4.69, 9.17) is 0 Å². The minimum Gasteiger partial charge on any atom is -0.313 e. The van der Waals surface area contributed by atoms with Crippen molar-refractivity contribution in [3.63, 3.8) is 0 Å². The van der Waals surface area contributed by atoms with Crippen LogP contribution in [0.25, 0.3) is 0 Å². The predicted octanol–water partition coefficient (Wildman–Crippen LogP) is 3.67. The number of nitrogens with one attached hydrogen (secondary N) is 1. The topological polar surface area (TPSA) is 15.3 Å². The average Bonchev–Trinajstić information content (AvgIpc) is 3.19. The second-order valence-corrected chi connectivity index (χ2v) is 8.31. The van der Waals surface area contributed by atoms with Gasteiger partial charge in [-0.25, -0.2) is 0 Å². The lowest BCUT2D eigenvalue weighted by Gasteiger charge is -2.37. The van der Waals surface area contributed by atoms with Gasteiger partial charge in [0, 0.05) is 31.1 Å². The molecule has 1 aromatic rings. The minimum absolute atomic E-state index is 0.170. The van der Waals surface area contributed by atoms with Crippen LogP contribution in [-0.2, 0) is 5.41 Å². The molecule has 0 spiro atoms. The molecule has 0 saturated heterocycles. The van der Waals surface area contributed by atoms with Crippen LogP contribution in [0.3, 0.4) is 0 Å². The molecule has 1 aromatic carbocycles. The van der Waals surface area contributed by atoms with E-state index in [1.54, 1.807) is 0 Å². The Morgan fingerprint density at radius 2 is 1.67 bits per heavy atom. The number of benzene rings is 1. The molecule has 0 aromatic heterocycles. The van der Waals surface area contributed by atoms with Crippen molar-refractivity contribution in [3.05, 3.63) is 35.9 Å². The summed E-state index contributed by atoms with van der Waals surface area (Å²) in [6.45, 7) is 12.6. The van der Waals surface area contributed by atoms with Gasteiger partial charge in [0.05, 0.1) is 0 Å². The molecule has 1 atom stereocenters. The summed E-state index contributed by atoms with van der Waals surface area (Å²) in [4.78, 5) is 2.49. The highest BCUT2D eigenvalue weighted by Crippen LogP contribution is 2.28. The SMILES string of the molecule is CN(CC(C)(C)C)CC(C)(CNC1CC1)c1ccccc1. The fourth-order valence-corrected chi connectivity index (χ4v) is 3.21. The summed E-state index contributed by atoms with van der Waals surface area (Å²) in [6.07, 6.45) is 2.70. The lowest BCUT2D eigenvalue weighted by molar-refractivity contribution is 0.186. The van der Waals surface area contributed by atoms with Crippen LogP contribution in [0.15, 0.2) is 30.3 Å². The molecule has 1 fully saturated rings. The lowest BCUT2D eigenvalue weighted by Crippen LogP contribution is -2.46. The van der Waals surface area contributed by atoms with Crippen LogP contribution in [0.4, 0.5) is 0 Å². The van der Waals surface area contributed by atoms with Crippen LogP contribution in [0.1, 0.15) is 46.1 Å². The Kier molecular flexibility index (Phi) is 5.11. The fraction of sp³-hybridized carbons (Fsp3) is 0.684.